The average Bonchev–Trinajstić information content (AvgIpc) is 2.38. The van der Waals surface area contributed by atoms with Gasteiger partial charge in [0, 0.05) is 25.2 Å². The number of anilines is 1. The highest BCUT2D eigenvalue weighted by molar-refractivity contribution is 5.59. The summed E-state index contributed by atoms with van der Waals surface area (Å²) in [5.74, 6) is 0.219. The fourth-order valence-corrected chi connectivity index (χ4v) is 2.15. The molecule has 1 aliphatic heterocycles. The van der Waals surface area contributed by atoms with Crippen molar-refractivity contribution in [2.75, 3.05) is 31.3 Å². The van der Waals surface area contributed by atoms with Crippen molar-refractivity contribution in [1.29, 1.82) is 0 Å². The maximum Gasteiger partial charge on any atom is 0.142 e. The first-order chi connectivity index (χ1) is 8.70. The lowest BCUT2D eigenvalue weighted by molar-refractivity contribution is 0.273. The molecule has 5 heteroatoms. The smallest absolute Gasteiger partial charge is 0.142 e. The van der Waals surface area contributed by atoms with E-state index >= 15 is 0 Å². The third-order valence-electron chi connectivity index (χ3n) is 3.14. The summed E-state index contributed by atoms with van der Waals surface area (Å²) in [4.78, 5) is 2.04. The fraction of sp³-hybridized carbons (Fsp3) is 0.538. The minimum Gasteiger partial charge on any atom is -0.489 e. The second-order valence-electron chi connectivity index (χ2n) is 4.47. The highest BCUT2D eigenvalue weighted by atomic mass is 19.1. The van der Waals surface area contributed by atoms with Gasteiger partial charge in [-0.25, -0.2) is 8.78 Å². The normalized spacial score (nSPS) is 16.9. The molecule has 1 aliphatic rings. The van der Waals surface area contributed by atoms with E-state index in [0.717, 1.165) is 25.9 Å². The fourth-order valence-electron chi connectivity index (χ4n) is 2.15. The van der Waals surface area contributed by atoms with Crippen molar-refractivity contribution >= 4 is 5.69 Å². The summed E-state index contributed by atoms with van der Waals surface area (Å²) < 4.78 is 30.8. The molecule has 18 heavy (non-hydrogen) atoms. The van der Waals surface area contributed by atoms with Gasteiger partial charge in [0.15, 0.2) is 0 Å². The van der Waals surface area contributed by atoms with Crippen LogP contribution in [-0.4, -0.2) is 32.4 Å². The zero-order chi connectivity index (χ0) is 13.0. The summed E-state index contributed by atoms with van der Waals surface area (Å²) in [5.41, 5.74) is 6.53. The minimum absolute atomic E-state index is 0.00795. The van der Waals surface area contributed by atoms with Crippen molar-refractivity contribution in [2.24, 2.45) is 5.73 Å². The van der Waals surface area contributed by atoms with Crippen LogP contribution in [-0.2, 0) is 0 Å². The number of hydrogen-bond acceptors (Lipinski definition) is 3. The SMILES string of the molecule is NC1CCN(c2cc(F)ccc2OCCF)CC1. The zero-order valence-electron chi connectivity index (χ0n) is 10.2. The van der Waals surface area contributed by atoms with Crippen LogP contribution in [0.2, 0.25) is 0 Å². The van der Waals surface area contributed by atoms with Crippen molar-refractivity contribution in [3.05, 3.63) is 24.0 Å². The Kier molecular flexibility index (Phi) is 4.36. The first kappa shape index (κ1) is 13.1. The van der Waals surface area contributed by atoms with Gasteiger partial charge in [-0.15, -0.1) is 0 Å². The van der Waals surface area contributed by atoms with Gasteiger partial charge in [0.25, 0.3) is 0 Å². The summed E-state index contributed by atoms with van der Waals surface area (Å²) in [5, 5.41) is 0. The Morgan fingerprint density at radius 2 is 2.06 bits per heavy atom. The first-order valence-electron chi connectivity index (χ1n) is 6.19. The molecule has 0 saturated carbocycles. The molecule has 1 saturated heterocycles. The number of piperidine rings is 1. The molecule has 1 aromatic rings. The second-order valence-corrected chi connectivity index (χ2v) is 4.47. The highest BCUT2D eigenvalue weighted by Crippen LogP contribution is 2.31. The molecule has 0 unspecified atom stereocenters. The lowest BCUT2D eigenvalue weighted by Crippen LogP contribution is -2.39. The number of benzene rings is 1. The molecule has 0 radical (unpaired) electrons. The maximum atomic E-state index is 13.3. The van der Waals surface area contributed by atoms with E-state index in [2.05, 4.69) is 0 Å². The van der Waals surface area contributed by atoms with Gasteiger partial charge >= 0.3 is 0 Å². The molecule has 1 heterocycles. The van der Waals surface area contributed by atoms with E-state index in [9.17, 15) is 8.78 Å². The van der Waals surface area contributed by atoms with Crippen LogP contribution >= 0.6 is 0 Å². The Morgan fingerprint density at radius 1 is 1.33 bits per heavy atom. The van der Waals surface area contributed by atoms with E-state index in [1.807, 2.05) is 4.90 Å². The van der Waals surface area contributed by atoms with E-state index in [0.29, 0.717) is 11.4 Å². The first-order valence-corrected chi connectivity index (χ1v) is 6.19. The van der Waals surface area contributed by atoms with Crippen LogP contribution in [0.4, 0.5) is 14.5 Å². The molecular weight excluding hydrogens is 238 g/mol. The van der Waals surface area contributed by atoms with E-state index in [-0.39, 0.29) is 18.5 Å². The molecule has 0 aromatic heterocycles. The summed E-state index contributed by atoms with van der Waals surface area (Å²) in [6.45, 7) is 0.987. The van der Waals surface area contributed by atoms with Gasteiger partial charge in [0.05, 0.1) is 5.69 Å². The Labute approximate surface area is 106 Å². The molecular formula is C13H18F2N2O. The molecule has 0 spiro atoms. The summed E-state index contributed by atoms with van der Waals surface area (Å²) in [7, 11) is 0. The van der Waals surface area contributed by atoms with Crippen molar-refractivity contribution < 1.29 is 13.5 Å². The van der Waals surface area contributed by atoms with Crippen LogP contribution in [0.15, 0.2) is 18.2 Å². The van der Waals surface area contributed by atoms with E-state index in [4.69, 9.17) is 10.5 Å². The van der Waals surface area contributed by atoms with Gasteiger partial charge < -0.3 is 15.4 Å². The number of nitrogens with zero attached hydrogens (tertiary/aromatic N) is 1. The molecule has 0 atom stereocenters. The average molecular weight is 256 g/mol. The van der Waals surface area contributed by atoms with E-state index in [1.54, 1.807) is 6.07 Å². The van der Waals surface area contributed by atoms with Gasteiger partial charge in [-0.3, -0.25) is 0 Å². The van der Waals surface area contributed by atoms with Crippen LogP contribution in [0.5, 0.6) is 5.75 Å². The number of hydrogen-bond donors (Lipinski definition) is 1. The van der Waals surface area contributed by atoms with Crippen LogP contribution in [0.25, 0.3) is 0 Å². The topological polar surface area (TPSA) is 38.5 Å². The van der Waals surface area contributed by atoms with Crippen LogP contribution in [0.3, 0.4) is 0 Å². The van der Waals surface area contributed by atoms with E-state index in [1.165, 1.54) is 12.1 Å². The molecule has 100 valence electrons. The van der Waals surface area contributed by atoms with Crippen LogP contribution in [0.1, 0.15) is 12.8 Å². The molecule has 0 aliphatic carbocycles. The number of alkyl halides is 1. The summed E-state index contributed by atoms with van der Waals surface area (Å²) in [6.07, 6.45) is 1.75. The Bertz CT molecular complexity index is 393. The van der Waals surface area contributed by atoms with E-state index < -0.39 is 6.67 Å². The molecule has 0 amide bonds. The Morgan fingerprint density at radius 3 is 2.72 bits per heavy atom. The third kappa shape index (κ3) is 3.10. The van der Waals surface area contributed by atoms with Crippen molar-refractivity contribution in [1.82, 2.24) is 0 Å². The number of rotatable bonds is 4. The van der Waals surface area contributed by atoms with Crippen LogP contribution < -0.4 is 15.4 Å². The largest absolute Gasteiger partial charge is 0.489 e. The lowest BCUT2D eigenvalue weighted by atomic mass is 10.1. The van der Waals surface area contributed by atoms with Gasteiger partial charge in [-0.1, -0.05) is 0 Å². The molecule has 2 N–H and O–H groups in total. The van der Waals surface area contributed by atoms with Gasteiger partial charge in [0.2, 0.25) is 0 Å². The molecule has 3 nitrogen and oxygen atoms in total. The monoisotopic (exact) mass is 256 g/mol. The van der Waals surface area contributed by atoms with Crippen LogP contribution in [0, 0.1) is 5.82 Å². The van der Waals surface area contributed by atoms with Crippen molar-refractivity contribution in [2.45, 2.75) is 18.9 Å². The number of nitrogens with two attached hydrogens (primary N) is 1. The highest BCUT2D eigenvalue weighted by Gasteiger charge is 2.19. The standard InChI is InChI=1S/C13H18F2N2O/c14-5-8-18-13-2-1-10(15)9-12(13)17-6-3-11(16)4-7-17/h1-2,9,11H,3-8,16H2. The molecule has 1 aromatic carbocycles. The predicted molar refractivity (Wildman–Crippen MR) is 67.3 cm³/mol. The van der Waals surface area contributed by atoms with Gasteiger partial charge in [-0.2, -0.15) is 0 Å². The number of halogens is 2. The molecule has 1 fully saturated rings. The lowest BCUT2D eigenvalue weighted by Gasteiger charge is -2.33. The maximum absolute atomic E-state index is 13.3. The van der Waals surface area contributed by atoms with Gasteiger partial charge in [-0.05, 0) is 25.0 Å². The number of ether oxygens (including phenoxy) is 1. The Balaban J connectivity index is 2.16. The van der Waals surface area contributed by atoms with Crippen molar-refractivity contribution in [3.63, 3.8) is 0 Å². The predicted octanol–water partition coefficient (Wildman–Crippen LogP) is 2.10. The van der Waals surface area contributed by atoms with Gasteiger partial charge in [0.1, 0.15) is 24.8 Å². The Hall–Kier alpha value is -1.36. The quantitative estimate of drug-likeness (QED) is 0.896. The summed E-state index contributed by atoms with van der Waals surface area (Å²) >= 11 is 0. The summed E-state index contributed by atoms with van der Waals surface area (Å²) in [6, 6.07) is 4.52. The molecule has 0 bridgehead atoms. The molecule has 2 rings (SSSR count). The second kappa shape index (κ2) is 6.00. The van der Waals surface area contributed by atoms with Crippen molar-refractivity contribution in [3.8, 4) is 5.75 Å². The zero-order valence-corrected chi connectivity index (χ0v) is 10.2. The third-order valence-corrected chi connectivity index (χ3v) is 3.14. The minimum atomic E-state index is -0.554.